The molecule has 0 atom stereocenters. The largest absolute Gasteiger partial charge is 0.320 e. The Hall–Kier alpha value is -1.47. The summed E-state index contributed by atoms with van der Waals surface area (Å²) < 4.78 is 1.78. The molecule has 0 saturated carbocycles. The first-order valence-corrected chi connectivity index (χ1v) is 8.54. The van der Waals surface area contributed by atoms with Gasteiger partial charge in [0.05, 0.1) is 16.8 Å². The molecule has 5 heteroatoms. The fourth-order valence-electron chi connectivity index (χ4n) is 2.21. The van der Waals surface area contributed by atoms with Crippen LogP contribution in [0.5, 0.6) is 0 Å². The summed E-state index contributed by atoms with van der Waals surface area (Å²) in [6.07, 6.45) is 0. The molecule has 0 unspecified atom stereocenters. The number of carbonyl (C=O) groups is 1. The van der Waals surface area contributed by atoms with Gasteiger partial charge >= 0.3 is 0 Å². The first kappa shape index (κ1) is 15.4. The molecule has 3 nitrogen and oxygen atoms in total. The number of carbonyl (C=O) groups excluding carboxylic acids is 1. The van der Waals surface area contributed by atoms with Gasteiger partial charge in [-0.2, -0.15) is 0 Å². The van der Waals surface area contributed by atoms with Crippen LogP contribution in [-0.4, -0.2) is 10.9 Å². The van der Waals surface area contributed by atoms with E-state index in [0.717, 1.165) is 30.3 Å². The number of hydrogen-bond donors (Lipinski definition) is 1. The van der Waals surface area contributed by atoms with E-state index in [-0.39, 0.29) is 5.91 Å². The molecule has 0 bridgehead atoms. The zero-order chi connectivity index (χ0) is 15.7. The zero-order valence-electron chi connectivity index (χ0n) is 11.7. The van der Waals surface area contributed by atoms with E-state index in [2.05, 4.69) is 48.8 Å². The highest BCUT2D eigenvalue weighted by Crippen LogP contribution is 2.24. The van der Waals surface area contributed by atoms with Crippen molar-refractivity contribution in [2.24, 2.45) is 0 Å². The monoisotopic (exact) mass is 466 g/mol. The zero-order valence-corrected chi connectivity index (χ0v) is 15.5. The van der Waals surface area contributed by atoms with Crippen LogP contribution >= 0.6 is 38.5 Å². The number of aromatic nitrogens is 1. The minimum Gasteiger partial charge on any atom is -0.320 e. The fourth-order valence-corrected chi connectivity index (χ4v) is 3.15. The Bertz CT molecular complexity index is 880. The molecule has 1 aromatic heterocycles. The van der Waals surface area contributed by atoms with Gasteiger partial charge in [0.25, 0.3) is 5.91 Å². The van der Waals surface area contributed by atoms with Crippen molar-refractivity contribution in [1.29, 1.82) is 0 Å². The number of fused-ring (bicyclic) bond motifs is 1. The van der Waals surface area contributed by atoms with E-state index in [1.165, 1.54) is 0 Å². The number of amides is 1. The first-order chi connectivity index (χ1) is 10.5. The van der Waals surface area contributed by atoms with E-state index >= 15 is 0 Å². The highest BCUT2D eigenvalue weighted by atomic mass is 127. The highest BCUT2D eigenvalue weighted by Gasteiger charge is 2.12. The summed E-state index contributed by atoms with van der Waals surface area (Å²) in [5.74, 6) is -0.137. The molecular weight excluding hydrogens is 455 g/mol. The van der Waals surface area contributed by atoms with E-state index in [1.807, 2.05) is 55.5 Å². The van der Waals surface area contributed by atoms with Crippen molar-refractivity contribution in [2.75, 3.05) is 5.32 Å². The SMILES string of the molecule is Cc1ccc2cccc(NC(=O)c3cc(Br)ccc3I)c2n1. The van der Waals surface area contributed by atoms with E-state index in [4.69, 9.17) is 0 Å². The van der Waals surface area contributed by atoms with Crippen LogP contribution in [-0.2, 0) is 0 Å². The van der Waals surface area contributed by atoms with Gasteiger partial charge in [-0.3, -0.25) is 9.78 Å². The maximum absolute atomic E-state index is 12.6. The lowest BCUT2D eigenvalue weighted by Crippen LogP contribution is -2.14. The van der Waals surface area contributed by atoms with Gasteiger partial charge in [-0.05, 0) is 59.8 Å². The van der Waals surface area contributed by atoms with E-state index in [0.29, 0.717) is 5.56 Å². The molecule has 1 heterocycles. The lowest BCUT2D eigenvalue weighted by Gasteiger charge is -2.10. The third-order valence-electron chi connectivity index (χ3n) is 3.28. The van der Waals surface area contributed by atoms with Crippen molar-refractivity contribution >= 4 is 61.0 Å². The van der Waals surface area contributed by atoms with Crippen molar-refractivity contribution < 1.29 is 4.79 Å². The predicted molar refractivity (Wildman–Crippen MR) is 101 cm³/mol. The molecule has 0 saturated heterocycles. The molecule has 3 rings (SSSR count). The summed E-state index contributed by atoms with van der Waals surface area (Å²) in [7, 11) is 0. The van der Waals surface area contributed by atoms with Gasteiger partial charge in [-0.1, -0.05) is 34.1 Å². The van der Waals surface area contributed by atoms with Gasteiger partial charge in [-0.25, -0.2) is 0 Å². The number of benzene rings is 2. The molecule has 22 heavy (non-hydrogen) atoms. The lowest BCUT2D eigenvalue weighted by atomic mass is 10.1. The highest BCUT2D eigenvalue weighted by molar-refractivity contribution is 14.1. The summed E-state index contributed by atoms with van der Waals surface area (Å²) in [6, 6.07) is 15.4. The Morgan fingerprint density at radius 3 is 2.82 bits per heavy atom. The van der Waals surface area contributed by atoms with Crippen molar-refractivity contribution in [3.63, 3.8) is 0 Å². The Balaban J connectivity index is 2.01. The molecule has 0 spiro atoms. The van der Waals surface area contributed by atoms with Gasteiger partial charge < -0.3 is 5.32 Å². The van der Waals surface area contributed by atoms with Gasteiger partial charge in [-0.15, -0.1) is 0 Å². The minimum atomic E-state index is -0.137. The maximum Gasteiger partial charge on any atom is 0.256 e. The molecule has 1 amide bonds. The second-order valence-corrected chi connectivity index (χ2v) is 6.99. The van der Waals surface area contributed by atoms with Gasteiger partial charge in [0, 0.05) is 19.1 Å². The van der Waals surface area contributed by atoms with Gasteiger partial charge in [0.15, 0.2) is 0 Å². The number of nitrogens with zero attached hydrogens (tertiary/aromatic N) is 1. The number of nitrogens with one attached hydrogen (secondary N) is 1. The molecule has 3 aromatic rings. The molecular formula is C17H12BrIN2O. The van der Waals surface area contributed by atoms with Crippen LogP contribution < -0.4 is 5.32 Å². The summed E-state index contributed by atoms with van der Waals surface area (Å²) in [4.78, 5) is 17.1. The molecule has 1 N–H and O–H groups in total. The van der Waals surface area contributed by atoms with E-state index in [9.17, 15) is 4.79 Å². The maximum atomic E-state index is 12.6. The van der Waals surface area contributed by atoms with Crippen molar-refractivity contribution in [2.45, 2.75) is 6.92 Å². The van der Waals surface area contributed by atoms with Gasteiger partial charge in [0.2, 0.25) is 0 Å². The van der Waals surface area contributed by atoms with Crippen LogP contribution in [0.2, 0.25) is 0 Å². The summed E-state index contributed by atoms with van der Waals surface area (Å²) >= 11 is 5.56. The minimum absolute atomic E-state index is 0.137. The molecule has 0 aliphatic carbocycles. The van der Waals surface area contributed by atoms with Crippen molar-refractivity contribution in [1.82, 2.24) is 4.98 Å². The number of anilines is 1. The number of aryl methyl sites for hydroxylation is 1. The van der Waals surface area contributed by atoms with Crippen LogP contribution in [0, 0.1) is 10.5 Å². The Labute approximate surface area is 150 Å². The summed E-state index contributed by atoms with van der Waals surface area (Å²) in [5, 5.41) is 3.98. The molecule has 110 valence electrons. The Kier molecular flexibility index (Phi) is 4.44. The Morgan fingerprint density at radius 1 is 1.18 bits per heavy atom. The number of rotatable bonds is 2. The quantitative estimate of drug-likeness (QED) is 0.530. The number of para-hydroxylation sites is 1. The first-order valence-electron chi connectivity index (χ1n) is 6.67. The second kappa shape index (κ2) is 6.34. The van der Waals surface area contributed by atoms with E-state index < -0.39 is 0 Å². The Morgan fingerprint density at radius 2 is 2.00 bits per heavy atom. The van der Waals surface area contributed by atoms with Crippen LogP contribution in [0.4, 0.5) is 5.69 Å². The normalized spacial score (nSPS) is 10.7. The van der Waals surface area contributed by atoms with Crippen LogP contribution in [0.3, 0.4) is 0 Å². The number of halogens is 2. The van der Waals surface area contributed by atoms with E-state index in [1.54, 1.807) is 0 Å². The van der Waals surface area contributed by atoms with Gasteiger partial charge in [0.1, 0.15) is 0 Å². The van der Waals surface area contributed by atoms with Crippen molar-refractivity contribution in [3.05, 3.63) is 67.8 Å². The number of hydrogen-bond acceptors (Lipinski definition) is 2. The average Bonchev–Trinajstić information content (AvgIpc) is 2.50. The fraction of sp³-hybridized carbons (Fsp3) is 0.0588. The number of pyridine rings is 1. The third kappa shape index (κ3) is 3.15. The topological polar surface area (TPSA) is 42.0 Å². The van der Waals surface area contributed by atoms with Crippen LogP contribution in [0.15, 0.2) is 53.0 Å². The van der Waals surface area contributed by atoms with Crippen LogP contribution in [0.1, 0.15) is 16.1 Å². The van der Waals surface area contributed by atoms with Crippen molar-refractivity contribution in [3.8, 4) is 0 Å². The third-order valence-corrected chi connectivity index (χ3v) is 4.71. The molecule has 0 radical (unpaired) electrons. The van der Waals surface area contributed by atoms with Crippen LogP contribution in [0.25, 0.3) is 10.9 Å². The molecule has 0 fully saturated rings. The second-order valence-electron chi connectivity index (χ2n) is 4.91. The molecule has 0 aliphatic rings. The molecule has 0 aliphatic heterocycles. The smallest absolute Gasteiger partial charge is 0.256 e. The molecule has 2 aromatic carbocycles. The summed E-state index contributed by atoms with van der Waals surface area (Å²) in [5.41, 5.74) is 3.09. The summed E-state index contributed by atoms with van der Waals surface area (Å²) in [6.45, 7) is 1.94. The standard InChI is InChI=1S/C17H12BrIN2O/c1-10-5-6-11-3-2-4-15(16(11)20-10)21-17(22)13-9-12(18)7-8-14(13)19/h2-9H,1H3,(H,21,22). The predicted octanol–water partition coefficient (Wildman–Crippen LogP) is 5.16. The average molecular weight is 467 g/mol. The lowest BCUT2D eigenvalue weighted by molar-refractivity contribution is 0.102.